The predicted molar refractivity (Wildman–Crippen MR) is 89.9 cm³/mol. The molecule has 1 fully saturated rings. The van der Waals surface area contributed by atoms with Gasteiger partial charge in [0.2, 0.25) is 0 Å². The Labute approximate surface area is 130 Å². The van der Waals surface area contributed by atoms with Crippen molar-refractivity contribution in [3.8, 4) is 0 Å². The van der Waals surface area contributed by atoms with E-state index in [1.54, 1.807) is 0 Å². The molecule has 0 saturated heterocycles. The highest BCUT2D eigenvalue weighted by Gasteiger charge is 2.40. The van der Waals surface area contributed by atoms with Crippen molar-refractivity contribution in [1.82, 2.24) is 0 Å². The Bertz CT molecular complexity index is 382. The van der Waals surface area contributed by atoms with E-state index in [4.69, 9.17) is 4.43 Å². The summed E-state index contributed by atoms with van der Waals surface area (Å²) < 4.78 is 6.39. The number of hydrogen-bond acceptors (Lipinski definition) is 3. The maximum Gasteiger partial charge on any atom is 0.192 e. The van der Waals surface area contributed by atoms with Gasteiger partial charge in [-0.15, -0.1) is 0 Å². The molecule has 0 aromatic heterocycles. The van der Waals surface area contributed by atoms with Crippen LogP contribution in [0.25, 0.3) is 0 Å². The van der Waals surface area contributed by atoms with Gasteiger partial charge in [0.25, 0.3) is 0 Å². The van der Waals surface area contributed by atoms with Crippen molar-refractivity contribution in [2.24, 2.45) is 5.92 Å². The standard InChI is InChI=1S/C17H32O3Si/c1-7-9-13(20-21(5,6)17(2,3)4)12-16(19)14-10-8-11-15(14)18/h7,9,13-14,16,19H,8,10-12H2,1-6H3/b9-7+/t13-,14?,16?/m0/s1. The predicted octanol–water partition coefficient (Wildman–Crippen LogP) is 4.07. The van der Waals surface area contributed by atoms with E-state index in [-0.39, 0.29) is 22.8 Å². The van der Waals surface area contributed by atoms with Crippen LogP contribution in [0.4, 0.5) is 0 Å². The summed E-state index contributed by atoms with van der Waals surface area (Å²) in [4.78, 5) is 11.8. The fourth-order valence-corrected chi connectivity index (χ4v) is 3.87. The van der Waals surface area contributed by atoms with Gasteiger partial charge >= 0.3 is 0 Å². The van der Waals surface area contributed by atoms with Crippen molar-refractivity contribution in [1.29, 1.82) is 0 Å². The summed E-state index contributed by atoms with van der Waals surface area (Å²) in [5.74, 6) is 0.0369. The molecule has 0 radical (unpaired) electrons. The first kappa shape index (κ1) is 18.6. The summed E-state index contributed by atoms with van der Waals surface area (Å²) in [6, 6.07) is 0. The Morgan fingerprint density at radius 1 is 1.43 bits per heavy atom. The lowest BCUT2D eigenvalue weighted by atomic mass is 9.95. The van der Waals surface area contributed by atoms with Gasteiger partial charge in [-0.1, -0.05) is 32.9 Å². The smallest absolute Gasteiger partial charge is 0.192 e. The molecule has 3 nitrogen and oxygen atoms in total. The van der Waals surface area contributed by atoms with Crippen molar-refractivity contribution in [2.75, 3.05) is 0 Å². The fourth-order valence-electron chi connectivity index (χ4n) is 2.59. The van der Waals surface area contributed by atoms with Gasteiger partial charge in [0, 0.05) is 18.8 Å². The molecule has 21 heavy (non-hydrogen) atoms. The number of carbonyl (C=O) groups excluding carboxylic acids is 1. The lowest BCUT2D eigenvalue weighted by molar-refractivity contribution is -0.124. The van der Waals surface area contributed by atoms with Crippen LogP contribution < -0.4 is 0 Å². The van der Waals surface area contributed by atoms with Crippen molar-refractivity contribution in [3.05, 3.63) is 12.2 Å². The lowest BCUT2D eigenvalue weighted by Crippen LogP contribution is -2.44. The number of carbonyl (C=O) groups is 1. The van der Waals surface area contributed by atoms with E-state index < -0.39 is 14.4 Å². The molecular weight excluding hydrogens is 280 g/mol. The molecule has 0 aromatic rings. The molecule has 0 bridgehead atoms. The van der Waals surface area contributed by atoms with Crippen LogP contribution in [0.5, 0.6) is 0 Å². The first-order valence-electron chi connectivity index (χ1n) is 8.10. The summed E-state index contributed by atoms with van der Waals surface area (Å²) in [6.07, 6.45) is 6.20. The third-order valence-electron chi connectivity index (χ3n) is 4.95. The highest BCUT2D eigenvalue weighted by molar-refractivity contribution is 6.74. The largest absolute Gasteiger partial charge is 0.410 e. The maximum atomic E-state index is 11.8. The summed E-state index contributed by atoms with van der Waals surface area (Å²) in [6.45, 7) is 13.0. The number of aliphatic hydroxyl groups is 1. The minimum atomic E-state index is -1.88. The van der Waals surface area contributed by atoms with E-state index in [0.717, 1.165) is 12.8 Å². The van der Waals surface area contributed by atoms with Crippen LogP contribution in [-0.4, -0.2) is 31.4 Å². The van der Waals surface area contributed by atoms with Crippen molar-refractivity contribution < 1.29 is 14.3 Å². The molecule has 0 heterocycles. The average molecular weight is 313 g/mol. The van der Waals surface area contributed by atoms with Crippen LogP contribution in [0.15, 0.2) is 12.2 Å². The number of Topliss-reactive ketones (excluding diaryl/α,β-unsaturated/α-hetero) is 1. The maximum absolute atomic E-state index is 11.8. The SMILES string of the molecule is C/C=C/[C@@H](CC(O)C1CCCC1=O)O[Si](C)(C)C(C)(C)C. The van der Waals surface area contributed by atoms with Crippen LogP contribution in [0.2, 0.25) is 18.1 Å². The number of hydrogen-bond donors (Lipinski definition) is 1. The summed E-state index contributed by atoms with van der Waals surface area (Å²) in [7, 11) is -1.88. The minimum absolute atomic E-state index is 0.0979. The van der Waals surface area contributed by atoms with E-state index in [1.807, 2.05) is 19.1 Å². The van der Waals surface area contributed by atoms with E-state index >= 15 is 0 Å². The van der Waals surface area contributed by atoms with Gasteiger partial charge in [0.05, 0.1) is 12.2 Å². The van der Waals surface area contributed by atoms with Gasteiger partial charge < -0.3 is 9.53 Å². The third-order valence-corrected chi connectivity index (χ3v) is 9.45. The van der Waals surface area contributed by atoms with Crippen LogP contribution in [-0.2, 0) is 9.22 Å². The molecule has 0 aliphatic heterocycles. The molecule has 0 amide bonds. The summed E-state index contributed by atoms with van der Waals surface area (Å²) in [5.41, 5.74) is 0. The molecule has 0 spiro atoms. The second kappa shape index (κ2) is 7.21. The zero-order valence-corrected chi connectivity index (χ0v) is 15.5. The Morgan fingerprint density at radius 3 is 2.48 bits per heavy atom. The molecule has 0 aromatic carbocycles. The highest BCUT2D eigenvalue weighted by Crippen LogP contribution is 2.38. The molecule has 1 aliphatic rings. The van der Waals surface area contributed by atoms with Crippen molar-refractivity contribution in [3.63, 3.8) is 0 Å². The van der Waals surface area contributed by atoms with Gasteiger partial charge in [-0.05, 0) is 37.9 Å². The Morgan fingerprint density at radius 2 is 2.05 bits per heavy atom. The molecule has 3 atom stereocenters. The number of allylic oxidation sites excluding steroid dienone is 1. The average Bonchev–Trinajstić information content (AvgIpc) is 2.73. The molecule has 4 heteroatoms. The van der Waals surface area contributed by atoms with Gasteiger partial charge in [-0.25, -0.2) is 0 Å². The highest BCUT2D eigenvalue weighted by atomic mass is 28.4. The van der Waals surface area contributed by atoms with Crippen LogP contribution >= 0.6 is 0 Å². The molecule has 1 aliphatic carbocycles. The minimum Gasteiger partial charge on any atom is -0.410 e. The number of rotatable bonds is 6. The zero-order valence-electron chi connectivity index (χ0n) is 14.5. The van der Waals surface area contributed by atoms with Crippen LogP contribution in [0.1, 0.15) is 53.4 Å². The van der Waals surface area contributed by atoms with Gasteiger partial charge in [-0.3, -0.25) is 4.79 Å². The molecule has 1 rings (SSSR count). The van der Waals surface area contributed by atoms with Gasteiger partial charge in [0.15, 0.2) is 8.32 Å². The van der Waals surface area contributed by atoms with E-state index in [9.17, 15) is 9.90 Å². The Kier molecular flexibility index (Phi) is 6.38. The molecule has 1 saturated carbocycles. The second-order valence-corrected chi connectivity index (χ2v) is 12.5. The van der Waals surface area contributed by atoms with Gasteiger partial charge in [-0.2, -0.15) is 0 Å². The van der Waals surface area contributed by atoms with Crippen LogP contribution in [0, 0.1) is 5.92 Å². The zero-order chi connectivity index (χ0) is 16.3. The van der Waals surface area contributed by atoms with E-state index in [1.165, 1.54) is 0 Å². The van der Waals surface area contributed by atoms with Crippen LogP contribution in [0.3, 0.4) is 0 Å². The van der Waals surface area contributed by atoms with Crippen molar-refractivity contribution in [2.45, 2.75) is 83.7 Å². The Hall–Kier alpha value is -0.453. The number of aliphatic hydroxyl groups excluding tert-OH is 1. The summed E-state index contributed by atoms with van der Waals surface area (Å²) >= 11 is 0. The molecule has 122 valence electrons. The topological polar surface area (TPSA) is 46.5 Å². The van der Waals surface area contributed by atoms with Gasteiger partial charge in [0.1, 0.15) is 5.78 Å². The second-order valence-electron chi connectivity index (χ2n) is 7.71. The number of ketones is 1. The Balaban J connectivity index is 2.72. The summed E-state index contributed by atoms with van der Waals surface area (Å²) in [5, 5.41) is 10.5. The lowest BCUT2D eigenvalue weighted by Gasteiger charge is -2.39. The first-order valence-corrected chi connectivity index (χ1v) is 11.0. The normalized spacial score (nSPS) is 23.8. The molecular formula is C17H32O3Si. The molecule has 1 N–H and O–H groups in total. The van der Waals surface area contributed by atoms with E-state index in [2.05, 4.69) is 33.9 Å². The third kappa shape index (κ3) is 5.04. The molecule has 2 unspecified atom stereocenters. The monoisotopic (exact) mass is 312 g/mol. The van der Waals surface area contributed by atoms with E-state index in [0.29, 0.717) is 12.8 Å². The quantitative estimate of drug-likeness (QED) is 0.594. The van der Waals surface area contributed by atoms with Crippen molar-refractivity contribution >= 4 is 14.1 Å². The fraction of sp³-hybridized carbons (Fsp3) is 0.824. The first-order chi connectivity index (χ1) is 9.58.